The predicted octanol–water partition coefficient (Wildman–Crippen LogP) is 3.80. The lowest BCUT2D eigenvalue weighted by Gasteiger charge is -2.29. The zero-order valence-corrected chi connectivity index (χ0v) is 10.6. The molecular formula is C14H16ClNO. The number of nitrogens with one attached hydrogen (secondary N) is 1. The Bertz CT molecular complexity index is 534. The van der Waals surface area contributed by atoms with E-state index in [-0.39, 0.29) is 0 Å². The van der Waals surface area contributed by atoms with Crippen LogP contribution in [-0.2, 0) is 0 Å². The van der Waals surface area contributed by atoms with Gasteiger partial charge >= 0.3 is 0 Å². The van der Waals surface area contributed by atoms with Gasteiger partial charge in [-0.15, -0.1) is 0 Å². The van der Waals surface area contributed by atoms with E-state index >= 15 is 0 Å². The third-order valence-corrected chi connectivity index (χ3v) is 4.06. The van der Waals surface area contributed by atoms with E-state index in [4.69, 9.17) is 16.0 Å². The number of hydrogen-bond donors (Lipinski definition) is 1. The minimum absolute atomic E-state index is 0.571. The van der Waals surface area contributed by atoms with E-state index in [1.54, 1.807) is 6.26 Å². The smallest absolute Gasteiger partial charge is 0.138 e. The third kappa shape index (κ3) is 1.85. The van der Waals surface area contributed by atoms with Crippen molar-refractivity contribution in [3.8, 4) is 0 Å². The van der Waals surface area contributed by atoms with Gasteiger partial charge in [0.05, 0.1) is 5.02 Å². The molecule has 2 heterocycles. The molecule has 2 atom stereocenters. The van der Waals surface area contributed by atoms with Crippen LogP contribution < -0.4 is 5.32 Å². The van der Waals surface area contributed by atoms with Crippen LogP contribution in [-0.4, -0.2) is 13.1 Å². The number of fused-ring (bicyclic) bond motifs is 1. The van der Waals surface area contributed by atoms with E-state index in [9.17, 15) is 0 Å². The molecule has 1 saturated heterocycles. The fourth-order valence-electron chi connectivity index (χ4n) is 2.82. The molecule has 2 nitrogen and oxygen atoms in total. The second kappa shape index (κ2) is 4.35. The van der Waals surface area contributed by atoms with Crippen molar-refractivity contribution >= 4 is 22.6 Å². The van der Waals surface area contributed by atoms with Gasteiger partial charge in [-0.05, 0) is 43.0 Å². The van der Waals surface area contributed by atoms with Gasteiger partial charge in [0.1, 0.15) is 11.8 Å². The molecule has 1 aromatic heterocycles. The maximum Gasteiger partial charge on any atom is 0.138 e. The predicted molar refractivity (Wildman–Crippen MR) is 70.6 cm³/mol. The Balaban J connectivity index is 2.10. The maximum atomic E-state index is 6.11. The lowest BCUT2D eigenvalue weighted by Crippen LogP contribution is -2.33. The van der Waals surface area contributed by atoms with Crippen molar-refractivity contribution in [2.45, 2.75) is 19.3 Å². The zero-order chi connectivity index (χ0) is 11.8. The van der Waals surface area contributed by atoms with Crippen molar-refractivity contribution in [3.05, 3.63) is 35.0 Å². The Morgan fingerprint density at radius 2 is 2.29 bits per heavy atom. The molecule has 3 rings (SSSR count). The molecular weight excluding hydrogens is 234 g/mol. The summed E-state index contributed by atoms with van der Waals surface area (Å²) < 4.78 is 5.63. The van der Waals surface area contributed by atoms with Gasteiger partial charge in [0.25, 0.3) is 0 Å². The minimum Gasteiger partial charge on any atom is -0.462 e. The van der Waals surface area contributed by atoms with Crippen LogP contribution in [0.5, 0.6) is 0 Å². The second-order valence-electron chi connectivity index (χ2n) is 4.88. The lowest BCUT2D eigenvalue weighted by molar-refractivity contribution is 0.349. The van der Waals surface area contributed by atoms with Crippen LogP contribution in [0.2, 0.25) is 5.02 Å². The molecule has 1 aliphatic rings. The van der Waals surface area contributed by atoms with E-state index < -0.39 is 0 Å². The lowest BCUT2D eigenvalue weighted by atomic mass is 9.82. The van der Waals surface area contributed by atoms with Crippen molar-refractivity contribution < 1.29 is 4.42 Å². The summed E-state index contributed by atoms with van der Waals surface area (Å²) in [6.45, 7) is 4.45. The fourth-order valence-corrected chi connectivity index (χ4v) is 3.01. The highest BCUT2D eigenvalue weighted by Crippen LogP contribution is 2.37. The molecule has 0 spiro atoms. The summed E-state index contributed by atoms with van der Waals surface area (Å²) in [6.07, 6.45) is 2.81. The number of rotatable bonds is 1. The van der Waals surface area contributed by atoms with Gasteiger partial charge < -0.3 is 9.73 Å². The Morgan fingerprint density at radius 1 is 1.41 bits per heavy atom. The fraction of sp³-hybridized carbons (Fsp3) is 0.429. The number of halogens is 1. The minimum atomic E-state index is 0.571. The first-order valence-electron chi connectivity index (χ1n) is 6.13. The summed E-state index contributed by atoms with van der Waals surface area (Å²) in [5, 5.41) is 5.18. The molecule has 1 fully saturated rings. The van der Waals surface area contributed by atoms with Crippen molar-refractivity contribution in [3.63, 3.8) is 0 Å². The second-order valence-corrected chi connectivity index (χ2v) is 5.29. The summed E-state index contributed by atoms with van der Waals surface area (Å²) >= 11 is 6.11. The normalized spacial score (nSPS) is 25.3. The quantitative estimate of drug-likeness (QED) is 0.832. The van der Waals surface area contributed by atoms with Gasteiger partial charge in [-0.25, -0.2) is 0 Å². The standard InChI is InChI=1S/C14H16ClNO/c1-9-7-16-6-5-10(9)11-3-2-4-12-13(15)8-17-14(11)12/h2-4,8-10,16H,5-7H2,1H3/t9-,10+/m0/s1. The molecule has 17 heavy (non-hydrogen) atoms. The van der Waals surface area contributed by atoms with Crippen LogP contribution in [0.4, 0.5) is 0 Å². The Labute approximate surface area is 106 Å². The van der Waals surface area contributed by atoms with E-state index in [2.05, 4.69) is 24.4 Å². The van der Waals surface area contributed by atoms with Crippen LogP contribution >= 0.6 is 11.6 Å². The Morgan fingerprint density at radius 3 is 3.12 bits per heavy atom. The molecule has 0 saturated carbocycles. The summed E-state index contributed by atoms with van der Waals surface area (Å²) in [4.78, 5) is 0. The van der Waals surface area contributed by atoms with Crippen LogP contribution in [0, 0.1) is 5.92 Å². The van der Waals surface area contributed by atoms with Gasteiger partial charge in [0, 0.05) is 5.39 Å². The number of para-hydroxylation sites is 1. The first-order valence-corrected chi connectivity index (χ1v) is 6.51. The summed E-state index contributed by atoms with van der Waals surface area (Å²) in [5.41, 5.74) is 2.28. The Hall–Kier alpha value is -0.990. The number of benzene rings is 1. The van der Waals surface area contributed by atoms with Crippen molar-refractivity contribution in [2.75, 3.05) is 13.1 Å². The van der Waals surface area contributed by atoms with Crippen LogP contribution in [0.3, 0.4) is 0 Å². The van der Waals surface area contributed by atoms with Gasteiger partial charge in [-0.2, -0.15) is 0 Å². The van der Waals surface area contributed by atoms with Gasteiger partial charge in [0.2, 0.25) is 0 Å². The highest BCUT2D eigenvalue weighted by Gasteiger charge is 2.25. The molecule has 1 aliphatic heterocycles. The third-order valence-electron chi connectivity index (χ3n) is 3.77. The molecule has 1 N–H and O–H groups in total. The van der Waals surface area contributed by atoms with Gasteiger partial charge in [-0.1, -0.05) is 30.7 Å². The number of piperidine rings is 1. The molecule has 2 aromatic rings. The van der Waals surface area contributed by atoms with E-state index in [0.717, 1.165) is 24.1 Å². The van der Waals surface area contributed by atoms with E-state index in [0.29, 0.717) is 16.9 Å². The molecule has 3 heteroatoms. The molecule has 90 valence electrons. The zero-order valence-electron chi connectivity index (χ0n) is 9.87. The van der Waals surface area contributed by atoms with E-state index in [1.165, 1.54) is 12.0 Å². The monoisotopic (exact) mass is 249 g/mol. The van der Waals surface area contributed by atoms with Gasteiger partial charge in [-0.3, -0.25) is 0 Å². The SMILES string of the molecule is C[C@H]1CNCC[C@H]1c1cccc2c(Cl)coc12. The molecule has 0 aliphatic carbocycles. The van der Waals surface area contributed by atoms with Crippen molar-refractivity contribution in [1.29, 1.82) is 0 Å². The average molecular weight is 250 g/mol. The van der Waals surface area contributed by atoms with Gasteiger partial charge in [0.15, 0.2) is 0 Å². The average Bonchev–Trinajstić information content (AvgIpc) is 2.72. The first kappa shape index (κ1) is 11.1. The van der Waals surface area contributed by atoms with Crippen molar-refractivity contribution in [2.24, 2.45) is 5.92 Å². The molecule has 0 radical (unpaired) electrons. The van der Waals surface area contributed by atoms with Crippen molar-refractivity contribution in [1.82, 2.24) is 5.32 Å². The van der Waals surface area contributed by atoms with Crippen LogP contribution in [0.1, 0.15) is 24.8 Å². The first-order chi connectivity index (χ1) is 8.27. The van der Waals surface area contributed by atoms with E-state index in [1.807, 2.05) is 6.07 Å². The summed E-state index contributed by atoms with van der Waals surface area (Å²) in [6, 6.07) is 6.28. The highest BCUT2D eigenvalue weighted by atomic mass is 35.5. The molecule has 1 aromatic carbocycles. The highest BCUT2D eigenvalue weighted by molar-refractivity contribution is 6.35. The number of hydrogen-bond acceptors (Lipinski definition) is 2. The maximum absolute atomic E-state index is 6.11. The summed E-state index contributed by atoms with van der Waals surface area (Å²) in [5.74, 6) is 1.21. The molecule has 0 bridgehead atoms. The summed E-state index contributed by atoms with van der Waals surface area (Å²) in [7, 11) is 0. The topological polar surface area (TPSA) is 25.2 Å². The molecule has 0 amide bonds. The largest absolute Gasteiger partial charge is 0.462 e. The van der Waals surface area contributed by atoms with Crippen LogP contribution in [0.15, 0.2) is 28.9 Å². The number of furan rings is 1. The molecule has 0 unspecified atom stereocenters. The van der Waals surface area contributed by atoms with Crippen LogP contribution in [0.25, 0.3) is 11.0 Å². The Kier molecular flexibility index (Phi) is 2.85.